The highest BCUT2D eigenvalue weighted by Crippen LogP contribution is 2.25. The molecule has 1 aliphatic heterocycles. The van der Waals surface area contributed by atoms with E-state index in [0.29, 0.717) is 11.9 Å². The number of aromatic nitrogens is 1. The van der Waals surface area contributed by atoms with Crippen LogP contribution in [0.2, 0.25) is 0 Å². The lowest BCUT2D eigenvalue weighted by molar-refractivity contribution is 0.390. The number of methoxy groups -OCH3 is 1. The number of piperidine rings is 1. The van der Waals surface area contributed by atoms with Gasteiger partial charge in [0.05, 0.1) is 7.11 Å². The zero-order chi connectivity index (χ0) is 10.7. The van der Waals surface area contributed by atoms with Gasteiger partial charge in [0.15, 0.2) is 0 Å². The Bertz CT molecular complexity index is 332. The third kappa shape index (κ3) is 2.29. The molecule has 1 aliphatic rings. The van der Waals surface area contributed by atoms with Crippen molar-refractivity contribution in [3.05, 3.63) is 23.4 Å². The predicted octanol–water partition coefficient (Wildman–Crippen LogP) is 2.21. The lowest BCUT2D eigenvalue weighted by Gasteiger charge is -2.24. The molecule has 0 amide bonds. The second-order valence-electron chi connectivity index (χ2n) is 4.03. The van der Waals surface area contributed by atoms with Gasteiger partial charge in [-0.3, -0.25) is 0 Å². The topological polar surface area (TPSA) is 34.1 Å². The normalized spacial score (nSPS) is 21.3. The molecule has 3 heteroatoms. The Morgan fingerprint density at radius 1 is 1.40 bits per heavy atom. The van der Waals surface area contributed by atoms with Crippen molar-refractivity contribution in [3.8, 4) is 5.88 Å². The van der Waals surface area contributed by atoms with Gasteiger partial charge in [0.2, 0.25) is 5.88 Å². The second-order valence-corrected chi connectivity index (χ2v) is 4.03. The minimum atomic E-state index is 0.483. The summed E-state index contributed by atoms with van der Waals surface area (Å²) in [5, 5.41) is 3.53. The van der Waals surface area contributed by atoms with E-state index in [1.165, 1.54) is 24.8 Å². The molecule has 1 N–H and O–H groups in total. The molecule has 0 radical (unpaired) electrons. The van der Waals surface area contributed by atoms with Crippen molar-refractivity contribution in [1.82, 2.24) is 10.3 Å². The van der Waals surface area contributed by atoms with E-state index in [1.807, 2.05) is 13.0 Å². The van der Waals surface area contributed by atoms with Crippen LogP contribution in [0, 0.1) is 6.92 Å². The van der Waals surface area contributed by atoms with Crippen molar-refractivity contribution in [2.24, 2.45) is 0 Å². The first-order valence-electron chi connectivity index (χ1n) is 5.56. The van der Waals surface area contributed by atoms with Gasteiger partial charge in [-0.05, 0) is 31.9 Å². The number of hydrogen-bond donors (Lipinski definition) is 1. The standard InChI is InChI=1S/C12H18N2O/c1-9-10(6-7-12(14-9)15-2)11-5-3-4-8-13-11/h6-7,11,13H,3-5,8H2,1-2H3/t11-/m0/s1. The maximum absolute atomic E-state index is 5.11. The van der Waals surface area contributed by atoms with Gasteiger partial charge >= 0.3 is 0 Å². The first-order valence-corrected chi connectivity index (χ1v) is 5.56. The van der Waals surface area contributed by atoms with Crippen LogP contribution in [-0.2, 0) is 0 Å². The summed E-state index contributed by atoms with van der Waals surface area (Å²) in [6.07, 6.45) is 3.82. The first-order chi connectivity index (χ1) is 7.31. The van der Waals surface area contributed by atoms with Gasteiger partial charge in [0.1, 0.15) is 0 Å². The highest BCUT2D eigenvalue weighted by Gasteiger charge is 2.17. The van der Waals surface area contributed by atoms with E-state index in [2.05, 4.69) is 16.4 Å². The van der Waals surface area contributed by atoms with Crippen LogP contribution in [0.3, 0.4) is 0 Å². The molecule has 0 aliphatic carbocycles. The van der Waals surface area contributed by atoms with Gasteiger partial charge in [0, 0.05) is 17.8 Å². The van der Waals surface area contributed by atoms with E-state index in [4.69, 9.17) is 4.74 Å². The Hall–Kier alpha value is -1.09. The molecule has 0 spiro atoms. The molecule has 1 fully saturated rings. The molecular weight excluding hydrogens is 188 g/mol. The summed E-state index contributed by atoms with van der Waals surface area (Å²) >= 11 is 0. The van der Waals surface area contributed by atoms with E-state index in [1.54, 1.807) is 7.11 Å². The van der Waals surface area contributed by atoms with Gasteiger partial charge in [-0.1, -0.05) is 12.5 Å². The molecule has 15 heavy (non-hydrogen) atoms. The summed E-state index contributed by atoms with van der Waals surface area (Å²) < 4.78 is 5.11. The number of nitrogens with one attached hydrogen (secondary N) is 1. The minimum absolute atomic E-state index is 0.483. The Balaban J connectivity index is 2.19. The summed E-state index contributed by atoms with van der Waals surface area (Å²) in [6, 6.07) is 4.56. The molecule has 2 rings (SSSR count). The fourth-order valence-corrected chi connectivity index (χ4v) is 2.15. The van der Waals surface area contributed by atoms with Gasteiger partial charge in [-0.2, -0.15) is 0 Å². The van der Waals surface area contributed by atoms with Gasteiger partial charge in [0.25, 0.3) is 0 Å². The van der Waals surface area contributed by atoms with E-state index >= 15 is 0 Å². The average molecular weight is 206 g/mol. The zero-order valence-electron chi connectivity index (χ0n) is 9.42. The van der Waals surface area contributed by atoms with Crippen LogP contribution < -0.4 is 10.1 Å². The number of ether oxygens (including phenoxy) is 1. The van der Waals surface area contributed by atoms with Crippen LogP contribution in [0.25, 0.3) is 0 Å². The van der Waals surface area contributed by atoms with Crippen LogP contribution in [-0.4, -0.2) is 18.6 Å². The fraction of sp³-hybridized carbons (Fsp3) is 0.583. The van der Waals surface area contributed by atoms with Crippen LogP contribution >= 0.6 is 0 Å². The molecule has 3 nitrogen and oxygen atoms in total. The number of nitrogens with zero attached hydrogens (tertiary/aromatic N) is 1. The highest BCUT2D eigenvalue weighted by molar-refractivity contribution is 5.28. The Labute approximate surface area is 90.9 Å². The highest BCUT2D eigenvalue weighted by atomic mass is 16.5. The Morgan fingerprint density at radius 3 is 2.87 bits per heavy atom. The Morgan fingerprint density at radius 2 is 2.27 bits per heavy atom. The largest absolute Gasteiger partial charge is 0.481 e. The molecular formula is C12H18N2O. The van der Waals surface area contributed by atoms with Gasteiger partial charge < -0.3 is 10.1 Å². The molecule has 0 saturated carbocycles. The maximum atomic E-state index is 5.11. The Kier molecular flexibility index (Phi) is 3.21. The SMILES string of the molecule is COc1ccc([C@@H]2CCCCN2)c(C)n1. The zero-order valence-corrected chi connectivity index (χ0v) is 9.42. The summed E-state index contributed by atoms with van der Waals surface area (Å²) in [6.45, 7) is 3.17. The molecule has 2 heterocycles. The predicted molar refractivity (Wildman–Crippen MR) is 60.1 cm³/mol. The molecule has 0 aromatic carbocycles. The summed E-state index contributed by atoms with van der Waals surface area (Å²) in [4.78, 5) is 4.40. The van der Waals surface area contributed by atoms with E-state index < -0.39 is 0 Å². The number of aryl methyl sites for hydroxylation is 1. The van der Waals surface area contributed by atoms with Crippen molar-refractivity contribution in [1.29, 1.82) is 0 Å². The third-order valence-electron chi connectivity index (χ3n) is 3.00. The lowest BCUT2D eigenvalue weighted by Crippen LogP contribution is -2.27. The van der Waals surface area contributed by atoms with Crippen LogP contribution in [0.5, 0.6) is 5.88 Å². The van der Waals surface area contributed by atoms with E-state index in [-0.39, 0.29) is 0 Å². The van der Waals surface area contributed by atoms with Crippen LogP contribution in [0.15, 0.2) is 12.1 Å². The van der Waals surface area contributed by atoms with Crippen molar-refractivity contribution < 1.29 is 4.74 Å². The number of pyridine rings is 1. The first kappa shape index (κ1) is 10.4. The third-order valence-corrected chi connectivity index (χ3v) is 3.00. The molecule has 82 valence electrons. The number of rotatable bonds is 2. The maximum Gasteiger partial charge on any atom is 0.213 e. The summed E-state index contributed by atoms with van der Waals surface area (Å²) in [5.41, 5.74) is 2.39. The fourth-order valence-electron chi connectivity index (χ4n) is 2.15. The molecule has 1 aromatic rings. The van der Waals surface area contributed by atoms with Crippen molar-refractivity contribution >= 4 is 0 Å². The van der Waals surface area contributed by atoms with Gasteiger partial charge in [-0.15, -0.1) is 0 Å². The number of hydrogen-bond acceptors (Lipinski definition) is 3. The van der Waals surface area contributed by atoms with Gasteiger partial charge in [-0.25, -0.2) is 4.98 Å². The van der Waals surface area contributed by atoms with Crippen LogP contribution in [0.4, 0.5) is 0 Å². The quantitative estimate of drug-likeness (QED) is 0.805. The van der Waals surface area contributed by atoms with Crippen molar-refractivity contribution in [2.45, 2.75) is 32.2 Å². The molecule has 1 atom stereocenters. The average Bonchev–Trinajstić information content (AvgIpc) is 2.30. The molecule has 0 bridgehead atoms. The van der Waals surface area contributed by atoms with E-state index in [0.717, 1.165) is 12.2 Å². The molecule has 0 unspecified atom stereocenters. The summed E-state index contributed by atoms with van der Waals surface area (Å²) in [7, 11) is 1.65. The monoisotopic (exact) mass is 206 g/mol. The molecule has 1 aromatic heterocycles. The van der Waals surface area contributed by atoms with E-state index in [9.17, 15) is 0 Å². The van der Waals surface area contributed by atoms with Crippen molar-refractivity contribution in [3.63, 3.8) is 0 Å². The minimum Gasteiger partial charge on any atom is -0.481 e. The molecule has 1 saturated heterocycles. The second kappa shape index (κ2) is 4.62. The summed E-state index contributed by atoms with van der Waals surface area (Å²) in [5.74, 6) is 0.701. The van der Waals surface area contributed by atoms with Crippen molar-refractivity contribution in [2.75, 3.05) is 13.7 Å². The smallest absolute Gasteiger partial charge is 0.213 e. The van der Waals surface area contributed by atoms with Crippen LogP contribution in [0.1, 0.15) is 36.6 Å². The lowest BCUT2D eigenvalue weighted by atomic mass is 9.97.